The summed E-state index contributed by atoms with van der Waals surface area (Å²) >= 11 is 0. The molecule has 0 saturated heterocycles. The smallest absolute Gasteiger partial charge is 0.243 e. The van der Waals surface area contributed by atoms with Crippen molar-refractivity contribution in [1.82, 2.24) is 9.97 Å². The van der Waals surface area contributed by atoms with Gasteiger partial charge in [-0.15, -0.1) is 0 Å². The molecule has 0 amide bonds. The predicted molar refractivity (Wildman–Crippen MR) is 106 cm³/mol. The molecule has 2 aromatic rings. The molecule has 0 fully saturated rings. The lowest BCUT2D eigenvalue weighted by atomic mass is 10.00. The monoisotopic (exact) mass is 338 g/mol. The van der Waals surface area contributed by atoms with Crippen LogP contribution in [-0.2, 0) is 12.8 Å². The molecule has 0 aliphatic carbocycles. The van der Waals surface area contributed by atoms with Gasteiger partial charge in [-0.1, -0.05) is 45.4 Å². The summed E-state index contributed by atoms with van der Waals surface area (Å²) in [7, 11) is 0. The SMILES string of the molecule is CCCCc1cc(C)nc(NN=C(C)c2cccc(CC(C)C)c2)n1. The van der Waals surface area contributed by atoms with Crippen LogP contribution < -0.4 is 5.43 Å². The number of rotatable bonds is 8. The summed E-state index contributed by atoms with van der Waals surface area (Å²) < 4.78 is 0. The van der Waals surface area contributed by atoms with Gasteiger partial charge in [-0.3, -0.25) is 0 Å². The fourth-order valence-electron chi connectivity index (χ4n) is 2.76. The van der Waals surface area contributed by atoms with Crippen molar-refractivity contribution in [2.75, 3.05) is 5.43 Å². The lowest BCUT2D eigenvalue weighted by molar-refractivity contribution is 0.647. The number of hydrazone groups is 1. The first-order valence-corrected chi connectivity index (χ1v) is 9.22. The Kier molecular flexibility index (Phi) is 7.11. The zero-order valence-electron chi connectivity index (χ0n) is 16.1. The number of hydrogen-bond acceptors (Lipinski definition) is 4. The highest BCUT2D eigenvalue weighted by atomic mass is 15.4. The molecule has 0 saturated carbocycles. The highest BCUT2D eigenvalue weighted by Crippen LogP contribution is 2.12. The van der Waals surface area contributed by atoms with Crippen molar-refractivity contribution in [2.45, 2.75) is 60.3 Å². The molecule has 0 unspecified atom stereocenters. The maximum Gasteiger partial charge on any atom is 0.243 e. The zero-order chi connectivity index (χ0) is 18.2. The van der Waals surface area contributed by atoms with Crippen LogP contribution in [0, 0.1) is 12.8 Å². The van der Waals surface area contributed by atoms with Gasteiger partial charge in [0.15, 0.2) is 0 Å². The van der Waals surface area contributed by atoms with Crippen molar-refractivity contribution in [3.05, 3.63) is 52.8 Å². The summed E-state index contributed by atoms with van der Waals surface area (Å²) in [5, 5.41) is 4.49. The van der Waals surface area contributed by atoms with Gasteiger partial charge >= 0.3 is 0 Å². The van der Waals surface area contributed by atoms with Crippen LogP contribution in [0.25, 0.3) is 0 Å². The van der Waals surface area contributed by atoms with Gasteiger partial charge in [0.25, 0.3) is 0 Å². The van der Waals surface area contributed by atoms with Crippen LogP contribution in [-0.4, -0.2) is 15.7 Å². The van der Waals surface area contributed by atoms with E-state index in [-0.39, 0.29) is 0 Å². The third-order valence-corrected chi connectivity index (χ3v) is 4.01. The van der Waals surface area contributed by atoms with Gasteiger partial charge in [0.1, 0.15) is 0 Å². The van der Waals surface area contributed by atoms with Crippen LogP contribution in [0.5, 0.6) is 0 Å². The molecule has 4 heteroatoms. The largest absolute Gasteiger partial charge is 0.245 e. The van der Waals surface area contributed by atoms with Crippen LogP contribution in [0.1, 0.15) is 63.1 Å². The molecule has 134 valence electrons. The molecule has 0 radical (unpaired) electrons. The number of aryl methyl sites for hydroxylation is 2. The van der Waals surface area contributed by atoms with E-state index < -0.39 is 0 Å². The summed E-state index contributed by atoms with van der Waals surface area (Å²) in [5.74, 6) is 1.22. The normalized spacial score (nSPS) is 11.8. The molecule has 0 bridgehead atoms. The fraction of sp³-hybridized carbons (Fsp3) is 0.476. The standard InChI is InChI=1S/C21H30N4/c1-6-7-11-20-13-16(4)22-21(23-20)25-24-17(5)19-10-8-9-18(14-19)12-15(2)3/h8-10,13-15H,6-7,11-12H2,1-5H3,(H,22,23,25). The van der Waals surface area contributed by atoms with E-state index in [1.54, 1.807) is 0 Å². The Hall–Kier alpha value is -2.23. The molecular weight excluding hydrogens is 308 g/mol. The van der Waals surface area contributed by atoms with Crippen LogP contribution in [0.4, 0.5) is 5.95 Å². The first kappa shape index (κ1) is 19.1. The fourth-order valence-corrected chi connectivity index (χ4v) is 2.76. The van der Waals surface area contributed by atoms with Crippen LogP contribution in [0.3, 0.4) is 0 Å². The Labute approximate surface area is 151 Å². The third-order valence-electron chi connectivity index (χ3n) is 4.01. The second kappa shape index (κ2) is 9.30. The third kappa shape index (κ3) is 6.29. The minimum Gasteiger partial charge on any atom is -0.245 e. The topological polar surface area (TPSA) is 50.2 Å². The van der Waals surface area contributed by atoms with Gasteiger partial charge in [-0.2, -0.15) is 5.10 Å². The van der Waals surface area contributed by atoms with Gasteiger partial charge in [-0.25, -0.2) is 15.4 Å². The number of nitrogens with zero attached hydrogens (tertiary/aromatic N) is 3. The van der Waals surface area contributed by atoms with Crippen molar-refractivity contribution in [1.29, 1.82) is 0 Å². The average molecular weight is 338 g/mol. The lowest BCUT2D eigenvalue weighted by Gasteiger charge is -2.08. The Morgan fingerprint density at radius 1 is 1.20 bits per heavy atom. The van der Waals surface area contributed by atoms with Gasteiger partial charge < -0.3 is 0 Å². The average Bonchev–Trinajstić information content (AvgIpc) is 2.57. The van der Waals surface area contributed by atoms with E-state index in [1.165, 1.54) is 5.56 Å². The minimum atomic E-state index is 0.573. The zero-order valence-corrected chi connectivity index (χ0v) is 16.1. The van der Waals surface area contributed by atoms with Crippen LogP contribution in [0.2, 0.25) is 0 Å². The lowest BCUT2D eigenvalue weighted by Crippen LogP contribution is -2.05. The molecular formula is C21H30N4. The minimum absolute atomic E-state index is 0.573. The maximum atomic E-state index is 4.56. The second-order valence-corrected chi connectivity index (χ2v) is 7.04. The van der Waals surface area contributed by atoms with Gasteiger partial charge in [0.2, 0.25) is 5.95 Å². The summed E-state index contributed by atoms with van der Waals surface area (Å²) in [6.07, 6.45) is 4.36. The molecule has 0 aliphatic heterocycles. The molecule has 25 heavy (non-hydrogen) atoms. The Bertz CT molecular complexity index is 720. The number of aromatic nitrogens is 2. The van der Waals surface area contributed by atoms with E-state index in [4.69, 9.17) is 0 Å². The Morgan fingerprint density at radius 2 is 2.00 bits per heavy atom. The molecule has 1 aromatic heterocycles. The van der Waals surface area contributed by atoms with Gasteiger partial charge in [0.05, 0.1) is 5.71 Å². The summed E-state index contributed by atoms with van der Waals surface area (Å²) in [5.41, 5.74) is 8.48. The van der Waals surface area contributed by atoms with E-state index in [9.17, 15) is 0 Å². The number of hydrogen-bond donors (Lipinski definition) is 1. The molecule has 1 aromatic carbocycles. The summed E-state index contributed by atoms with van der Waals surface area (Å²) in [6, 6.07) is 10.6. The Morgan fingerprint density at radius 3 is 2.72 bits per heavy atom. The first-order valence-electron chi connectivity index (χ1n) is 9.22. The Balaban J connectivity index is 2.11. The molecule has 0 atom stereocenters. The summed E-state index contributed by atoms with van der Waals surface area (Å²) in [6.45, 7) is 10.7. The molecule has 1 N–H and O–H groups in total. The highest BCUT2D eigenvalue weighted by molar-refractivity contribution is 5.99. The quantitative estimate of drug-likeness (QED) is 0.534. The molecule has 2 rings (SSSR count). The van der Waals surface area contributed by atoms with E-state index in [1.807, 2.05) is 19.9 Å². The first-order chi connectivity index (χ1) is 12.0. The van der Waals surface area contributed by atoms with Crippen molar-refractivity contribution >= 4 is 11.7 Å². The van der Waals surface area contributed by atoms with Gasteiger partial charge in [0, 0.05) is 11.4 Å². The number of benzene rings is 1. The maximum absolute atomic E-state index is 4.56. The molecule has 4 nitrogen and oxygen atoms in total. The van der Waals surface area contributed by atoms with E-state index >= 15 is 0 Å². The van der Waals surface area contributed by atoms with Crippen molar-refractivity contribution in [2.24, 2.45) is 11.0 Å². The van der Waals surface area contributed by atoms with E-state index in [2.05, 4.69) is 65.5 Å². The van der Waals surface area contributed by atoms with Crippen molar-refractivity contribution in [3.63, 3.8) is 0 Å². The van der Waals surface area contributed by atoms with E-state index in [0.29, 0.717) is 11.9 Å². The van der Waals surface area contributed by atoms with Crippen LogP contribution >= 0.6 is 0 Å². The molecule has 0 spiro atoms. The summed E-state index contributed by atoms with van der Waals surface area (Å²) in [4.78, 5) is 9.00. The second-order valence-electron chi connectivity index (χ2n) is 7.04. The highest BCUT2D eigenvalue weighted by Gasteiger charge is 2.04. The van der Waals surface area contributed by atoms with Crippen molar-refractivity contribution < 1.29 is 0 Å². The molecule has 1 heterocycles. The molecule has 0 aliphatic rings. The van der Waals surface area contributed by atoms with Gasteiger partial charge in [-0.05, 0) is 62.3 Å². The number of nitrogens with one attached hydrogen (secondary N) is 1. The van der Waals surface area contributed by atoms with Crippen molar-refractivity contribution in [3.8, 4) is 0 Å². The van der Waals surface area contributed by atoms with E-state index in [0.717, 1.165) is 48.3 Å². The van der Waals surface area contributed by atoms with Crippen LogP contribution in [0.15, 0.2) is 35.4 Å². The predicted octanol–water partition coefficient (Wildman–Crippen LogP) is 5.16. The number of anilines is 1. The number of unbranched alkanes of at least 4 members (excludes halogenated alkanes) is 1.